The van der Waals surface area contributed by atoms with E-state index in [2.05, 4.69) is 4.98 Å². The van der Waals surface area contributed by atoms with Gasteiger partial charge in [-0.15, -0.1) is 0 Å². The molecule has 0 N–H and O–H groups in total. The fraction of sp³-hybridized carbons (Fsp3) is 0.0909. The molecule has 0 amide bonds. The molecule has 1 aromatic heterocycles. The molecule has 0 spiro atoms. The van der Waals surface area contributed by atoms with Gasteiger partial charge in [0, 0.05) is 5.02 Å². The Morgan fingerprint density at radius 1 is 0.857 bits per heavy atom. The maximum Gasteiger partial charge on any atom is 0.270 e. The molecule has 1 heterocycles. The highest BCUT2D eigenvalue weighted by Crippen LogP contribution is 2.19. The first-order valence-electron chi connectivity index (χ1n) is 8.76. The second kappa shape index (κ2) is 8.15. The molecule has 4 aromatic rings. The number of rotatable bonds is 6. The maximum atomic E-state index is 12.9. The zero-order valence-corrected chi connectivity index (χ0v) is 15.7. The smallest absolute Gasteiger partial charge is 0.270 e. The number of carbonyl (C=O) groups excluding carboxylic acids is 1. The quantitative estimate of drug-likeness (QED) is 0.464. The summed E-state index contributed by atoms with van der Waals surface area (Å²) in [5.41, 5.74) is 1.45. The van der Waals surface area contributed by atoms with Gasteiger partial charge in [-0.3, -0.25) is 9.36 Å². The summed E-state index contributed by atoms with van der Waals surface area (Å²) in [6, 6.07) is 23.8. The molecule has 5 nitrogen and oxygen atoms in total. The molecule has 0 aliphatic heterocycles. The highest BCUT2D eigenvalue weighted by atomic mass is 35.5. The lowest BCUT2D eigenvalue weighted by molar-refractivity contribution is 0.0834. The second-order valence-corrected chi connectivity index (χ2v) is 6.53. The molecular weight excluding hydrogens is 376 g/mol. The molecule has 0 fully saturated rings. The normalized spacial score (nSPS) is 10.8. The van der Waals surface area contributed by atoms with Gasteiger partial charge in [0.15, 0.2) is 12.4 Å². The summed E-state index contributed by atoms with van der Waals surface area (Å²) in [6.45, 7) is 0.0473. The fourth-order valence-corrected chi connectivity index (χ4v) is 2.98. The van der Waals surface area contributed by atoms with Crippen LogP contribution in [-0.2, 0) is 6.61 Å². The van der Waals surface area contributed by atoms with E-state index in [9.17, 15) is 4.79 Å². The Bertz CT molecular complexity index is 1090. The molecular formula is C22H17ClN2O3. The van der Waals surface area contributed by atoms with Crippen LogP contribution in [0.15, 0.2) is 78.9 Å². The number of aromatic nitrogens is 2. The van der Waals surface area contributed by atoms with Gasteiger partial charge in [-0.25, -0.2) is 4.98 Å². The maximum absolute atomic E-state index is 12.9. The van der Waals surface area contributed by atoms with Crippen molar-refractivity contribution < 1.29 is 14.3 Å². The van der Waals surface area contributed by atoms with E-state index < -0.39 is 0 Å². The third kappa shape index (κ3) is 4.00. The van der Waals surface area contributed by atoms with Crippen molar-refractivity contribution in [2.24, 2.45) is 0 Å². The molecule has 0 atom stereocenters. The largest absolute Gasteiger partial charge is 0.486 e. The summed E-state index contributed by atoms with van der Waals surface area (Å²) < 4.78 is 13.0. The summed E-state index contributed by atoms with van der Waals surface area (Å²) in [5, 5.41) is 0.611. The van der Waals surface area contributed by atoms with Gasteiger partial charge in [-0.1, -0.05) is 41.9 Å². The standard InChI is InChI=1S/C22H17ClN2O3/c23-16-10-12-18(13-11-16)28-15-22(26)25-20-9-5-4-8-19(20)24-21(25)14-27-17-6-2-1-3-7-17/h1-13H,14-15H2. The number of hydrogen-bond acceptors (Lipinski definition) is 4. The number of para-hydroxylation sites is 3. The summed E-state index contributed by atoms with van der Waals surface area (Å²) in [6.07, 6.45) is 0. The van der Waals surface area contributed by atoms with E-state index in [-0.39, 0.29) is 19.1 Å². The van der Waals surface area contributed by atoms with E-state index in [1.54, 1.807) is 28.8 Å². The first-order valence-corrected chi connectivity index (χ1v) is 9.14. The van der Waals surface area contributed by atoms with Crippen molar-refractivity contribution in [3.05, 3.63) is 89.7 Å². The van der Waals surface area contributed by atoms with Gasteiger partial charge in [0.25, 0.3) is 5.91 Å². The monoisotopic (exact) mass is 392 g/mol. The van der Waals surface area contributed by atoms with Crippen LogP contribution in [0.4, 0.5) is 0 Å². The Kier molecular flexibility index (Phi) is 5.26. The number of benzene rings is 3. The Morgan fingerprint density at radius 3 is 2.32 bits per heavy atom. The van der Waals surface area contributed by atoms with Crippen LogP contribution in [0, 0.1) is 0 Å². The Balaban J connectivity index is 1.57. The molecule has 4 rings (SSSR count). The number of halogens is 1. The van der Waals surface area contributed by atoms with Crippen LogP contribution in [0.5, 0.6) is 11.5 Å². The molecule has 6 heteroatoms. The van der Waals surface area contributed by atoms with E-state index in [0.717, 1.165) is 11.0 Å². The highest BCUT2D eigenvalue weighted by molar-refractivity contribution is 6.30. The summed E-state index contributed by atoms with van der Waals surface area (Å²) in [4.78, 5) is 17.5. The number of fused-ring (bicyclic) bond motifs is 1. The molecule has 0 bridgehead atoms. The molecule has 140 valence electrons. The van der Waals surface area contributed by atoms with E-state index in [4.69, 9.17) is 21.1 Å². The van der Waals surface area contributed by atoms with Gasteiger partial charge < -0.3 is 9.47 Å². The number of hydrogen-bond donors (Lipinski definition) is 0. The van der Waals surface area contributed by atoms with E-state index >= 15 is 0 Å². The van der Waals surface area contributed by atoms with E-state index in [1.807, 2.05) is 54.6 Å². The zero-order chi connectivity index (χ0) is 19.3. The molecule has 0 radical (unpaired) electrons. The van der Waals surface area contributed by atoms with Crippen molar-refractivity contribution in [2.75, 3.05) is 6.61 Å². The Morgan fingerprint density at radius 2 is 1.54 bits per heavy atom. The number of carbonyl (C=O) groups is 1. The topological polar surface area (TPSA) is 53.4 Å². The number of imidazole rings is 1. The van der Waals surface area contributed by atoms with Crippen LogP contribution in [0.25, 0.3) is 11.0 Å². The minimum Gasteiger partial charge on any atom is -0.486 e. The predicted molar refractivity (Wildman–Crippen MR) is 108 cm³/mol. The van der Waals surface area contributed by atoms with Crippen molar-refractivity contribution in [1.29, 1.82) is 0 Å². The van der Waals surface area contributed by atoms with Gasteiger partial charge in [0.05, 0.1) is 11.0 Å². The first kappa shape index (κ1) is 18.1. The lowest BCUT2D eigenvalue weighted by Crippen LogP contribution is -2.22. The van der Waals surface area contributed by atoms with Crippen molar-refractivity contribution >= 4 is 28.5 Å². The summed E-state index contributed by atoms with van der Waals surface area (Å²) >= 11 is 5.88. The lowest BCUT2D eigenvalue weighted by atomic mass is 10.3. The van der Waals surface area contributed by atoms with Crippen LogP contribution in [-0.4, -0.2) is 22.1 Å². The van der Waals surface area contributed by atoms with Crippen molar-refractivity contribution in [2.45, 2.75) is 6.61 Å². The third-order valence-electron chi connectivity index (χ3n) is 4.17. The minimum absolute atomic E-state index is 0.125. The van der Waals surface area contributed by atoms with Gasteiger partial charge >= 0.3 is 0 Å². The van der Waals surface area contributed by atoms with E-state index in [1.165, 1.54) is 0 Å². The molecule has 0 aliphatic rings. The molecule has 28 heavy (non-hydrogen) atoms. The lowest BCUT2D eigenvalue weighted by Gasteiger charge is -2.10. The minimum atomic E-state index is -0.227. The Labute approximate surface area is 167 Å². The highest BCUT2D eigenvalue weighted by Gasteiger charge is 2.17. The van der Waals surface area contributed by atoms with Crippen molar-refractivity contribution in [1.82, 2.24) is 9.55 Å². The molecule has 3 aromatic carbocycles. The van der Waals surface area contributed by atoms with Crippen molar-refractivity contribution in [3.63, 3.8) is 0 Å². The SMILES string of the molecule is O=C(COc1ccc(Cl)cc1)n1c(COc2ccccc2)nc2ccccc21. The predicted octanol–water partition coefficient (Wildman–Crippen LogP) is 4.99. The van der Waals surface area contributed by atoms with Crippen LogP contribution >= 0.6 is 11.6 Å². The molecule has 0 saturated heterocycles. The van der Waals surface area contributed by atoms with Gasteiger partial charge in [0.2, 0.25) is 0 Å². The summed E-state index contributed by atoms with van der Waals surface area (Å²) in [5.74, 6) is 1.58. The molecule has 0 aliphatic carbocycles. The average Bonchev–Trinajstić information content (AvgIpc) is 3.11. The zero-order valence-electron chi connectivity index (χ0n) is 14.9. The Hall–Kier alpha value is -3.31. The summed E-state index contributed by atoms with van der Waals surface area (Å²) in [7, 11) is 0. The van der Waals surface area contributed by atoms with Crippen LogP contribution in [0.3, 0.4) is 0 Å². The average molecular weight is 393 g/mol. The van der Waals surface area contributed by atoms with Gasteiger partial charge in [0.1, 0.15) is 18.1 Å². The van der Waals surface area contributed by atoms with Gasteiger partial charge in [-0.05, 0) is 48.5 Å². The first-order chi connectivity index (χ1) is 13.7. The van der Waals surface area contributed by atoms with Gasteiger partial charge in [-0.2, -0.15) is 0 Å². The van der Waals surface area contributed by atoms with Crippen LogP contribution < -0.4 is 9.47 Å². The third-order valence-corrected chi connectivity index (χ3v) is 4.42. The number of nitrogens with zero attached hydrogens (tertiary/aromatic N) is 2. The van der Waals surface area contributed by atoms with Crippen molar-refractivity contribution in [3.8, 4) is 11.5 Å². The second-order valence-electron chi connectivity index (χ2n) is 6.09. The van der Waals surface area contributed by atoms with E-state index in [0.29, 0.717) is 22.3 Å². The van der Waals surface area contributed by atoms with Crippen LogP contribution in [0.2, 0.25) is 5.02 Å². The molecule has 0 unspecified atom stereocenters. The fourth-order valence-electron chi connectivity index (χ4n) is 2.86. The molecule has 0 saturated carbocycles. The number of ether oxygens (including phenoxy) is 2. The van der Waals surface area contributed by atoms with Crippen LogP contribution in [0.1, 0.15) is 10.6 Å².